The van der Waals surface area contributed by atoms with Crippen LogP contribution in [0.4, 0.5) is 21.0 Å². The number of alkyl carbamates (subject to hydrolysis) is 1. The maximum atomic E-state index is 13.4. The van der Waals surface area contributed by atoms with Crippen LogP contribution in [-0.2, 0) is 30.5 Å². The third-order valence-corrected chi connectivity index (χ3v) is 7.45. The van der Waals surface area contributed by atoms with E-state index in [0.717, 1.165) is 6.42 Å². The quantitative estimate of drug-likeness (QED) is 0.0512. The molecule has 1 saturated carbocycles. The van der Waals surface area contributed by atoms with Crippen LogP contribution in [0.15, 0.2) is 48.5 Å². The number of carbonyl (C=O) groups excluding carboxylic acids is 5. The minimum Gasteiger partial charge on any atom is -0.444 e. The third-order valence-electron chi connectivity index (χ3n) is 7.45. The van der Waals surface area contributed by atoms with E-state index in [1.165, 1.54) is 24.3 Å². The van der Waals surface area contributed by atoms with Crippen LogP contribution in [0.5, 0.6) is 5.75 Å². The van der Waals surface area contributed by atoms with Gasteiger partial charge in [-0.05, 0) is 89.6 Å². The number of nitro groups is 1. The number of ether oxygens (including phenoxy) is 3. The summed E-state index contributed by atoms with van der Waals surface area (Å²) in [5.41, 5.74) is -0.984. The van der Waals surface area contributed by atoms with Gasteiger partial charge in [0.15, 0.2) is 0 Å². The summed E-state index contributed by atoms with van der Waals surface area (Å²) in [7, 11) is 0. The molecule has 1 atom stereocenters. The summed E-state index contributed by atoms with van der Waals surface area (Å²) in [6.45, 7) is 7.61. The van der Waals surface area contributed by atoms with Crippen LogP contribution in [0.1, 0.15) is 71.8 Å². The molecule has 0 radical (unpaired) electrons. The molecule has 15 heteroatoms. The fraction of sp³-hybridized carbons (Fsp3) is 0.485. The average Bonchev–Trinajstić information content (AvgIpc) is 2.99. The maximum absolute atomic E-state index is 13.4. The number of benzene rings is 2. The van der Waals surface area contributed by atoms with Gasteiger partial charge in [-0.3, -0.25) is 24.5 Å². The van der Waals surface area contributed by atoms with Crippen LogP contribution in [-0.4, -0.2) is 59.6 Å². The molecule has 260 valence electrons. The number of hydrogen-bond donors (Lipinski definition) is 4. The number of hydrogen-bond acceptors (Lipinski definition) is 10. The van der Waals surface area contributed by atoms with E-state index in [4.69, 9.17) is 14.2 Å². The molecule has 0 aliphatic heterocycles. The van der Waals surface area contributed by atoms with E-state index in [1.54, 1.807) is 52.0 Å². The lowest BCUT2D eigenvalue weighted by molar-refractivity contribution is -0.384. The van der Waals surface area contributed by atoms with E-state index in [9.17, 15) is 34.1 Å². The van der Waals surface area contributed by atoms with E-state index in [2.05, 4.69) is 21.3 Å². The van der Waals surface area contributed by atoms with Crippen molar-refractivity contribution in [3.05, 3.63) is 64.2 Å². The highest BCUT2D eigenvalue weighted by atomic mass is 16.7. The Labute approximate surface area is 278 Å². The normalized spacial score (nSPS) is 13.9. The molecule has 4 amide bonds. The zero-order chi connectivity index (χ0) is 35.3. The Balaban J connectivity index is 1.57. The summed E-state index contributed by atoms with van der Waals surface area (Å²) < 4.78 is 15.4. The second kappa shape index (κ2) is 17.1. The monoisotopic (exact) mass is 669 g/mol. The van der Waals surface area contributed by atoms with E-state index in [1.807, 2.05) is 0 Å². The molecule has 2 aromatic rings. The van der Waals surface area contributed by atoms with Crippen molar-refractivity contribution in [1.82, 2.24) is 16.0 Å². The number of nitrogens with zero attached hydrogens (tertiary/aromatic N) is 1. The summed E-state index contributed by atoms with van der Waals surface area (Å²) in [4.78, 5) is 73.7. The van der Waals surface area contributed by atoms with Gasteiger partial charge in [-0.25, -0.2) is 9.59 Å². The van der Waals surface area contributed by atoms with Crippen LogP contribution in [0.3, 0.4) is 0 Å². The number of amides is 4. The molecule has 15 nitrogen and oxygen atoms in total. The van der Waals surface area contributed by atoms with Crippen molar-refractivity contribution in [3.63, 3.8) is 0 Å². The summed E-state index contributed by atoms with van der Waals surface area (Å²) >= 11 is 0. The van der Waals surface area contributed by atoms with Crippen molar-refractivity contribution >= 4 is 41.3 Å². The van der Waals surface area contributed by atoms with Gasteiger partial charge in [0.25, 0.3) is 5.69 Å². The van der Waals surface area contributed by atoms with Crippen LogP contribution in [0.2, 0.25) is 0 Å². The molecular weight excluding hydrogens is 626 g/mol. The van der Waals surface area contributed by atoms with Crippen molar-refractivity contribution in [1.29, 1.82) is 0 Å². The summed E-state index contributed by atoms with van der Waals surface area (Å²) in [5, 5.41) is 21.7. The van der Waals surface area contributed by atoms with Gasteiger partial charge < -0.3 is 35.5 Å². The predicted octanol–water partition coefficient (Wildman–Crippen LogP) is 4.74. The first-order chi connectivity index (χ1) is 22.7. The van der Waals surface area contributed by atoms with Gasteiger partial charge in [0, 0.05) is 30.9 Å². The maximum Gasteiger partial charge on any atom is 0.514 e. The van der Waals surface area contributed by atoms with Crippen molar-refractivity contribution in [2.45, 2.75) is 84.5 Å². The Morgan fingerprint density at radius 3 is 2.17 bits per heavy atom. The van der Waals surface area contributed by atoms with Gasteiger partial charge in [-0.15, -0.1) is 0 Å². The standard InChI is InChI=1S/C33H43N5O10/c1-5-34-28(40)33(18-8-19-33)29(41)37-26(9-6-7-20-35-30(42)48-32(2,3)4)27(39)36-23-12-10-22(11-13-23)21-46-31(43)47-25-16-14-24(15-17-25)38(44)45/h10-17,26H,5-9,18-21H2,1-4H3,(H,34,40)(H,35,42)(H,36,39)(H,37,41)/t26-/m0/s1. The molecule has 0 spiro atoms. The highest BCUT2D eigenvalue weighted by Crippen LogP contribution is 2.41. The zero-order valence-corrected chi connectivity index (χ0v) is 27.6. The third kappa shape index (κ3) is 11.2. The van der Waals surface area contributed by atoms with Gasteiger partial charge in [0.2, 0.25) is 17.7 Å². The number of anilines is 1. The Morgan fingerprint density at radius 1 is 0.938 bits per heavy atom. The average molecular weight is 670 g/mol. The minimum absolute atomic E-state index is 0.0823. The Morgan fingerprint density at radius 2 is 1.60 bits per heavy atom. The van der Waals surface area contributed by atoms with Gasteiger partial charge in [0.1, 0.15) is 29.4 Å². The molecular formula is C33H43N5O10. The number of rotatable bonds is 15. The Bertz CT molecular complexity index is 1450. The number of carbonyl (C=O) groups is 5. The molecule has 4 N–H and O–H groups in total. The second-order valence-corrected chi connectivity index (χ2v) is 12.3. The van der Waals surface area contributed by atoms with Crippen LogP contribution < -0.4 is 26.0 Å². The molecule has 1 aliphatic rings. The fourth-order valence-corrected chi connectivity index (χ4v) is 4.78. The van der Waals surface area contributed by atoms with Crippen molar-refractivity contribution in [3.8, 4) is 5.75 Å². The van der Waals surface area contributed by atoms with Crippen LogP contribution in [0.25, 0.3) is 0 Å². The molecule has 0 unspecified atom stereocenters. The Kier molecular flexibility index (Phi) is 13.3. The molecule has 0 heterocycles. The van der Waals surface area contributed by atoms with Crippen molar-refractivity contribution in [2.75, 3.05) is 18.4 Å². The lowest BCUT2D eigenvalue weighted by Gasteiger charge is -2.39. The Hall–Kier alpha value is -5.21. The van der Waals surface area contributed by atoms with Gasteiger partial charge >= 0.3 is 12.2 Å². The molecule has 0 saturated heterocycles. The highest BCUT2D eigenvalue weighted by molar-refractivity contribution is 6.07. The number of nitro benzene ring substituents is 1. The van der Waals surface area contributed by atoms with Gasteiger partial charge in [-0.1, -0.05) is 18.6 Å². The van der Waals surface area contributed by atoms with Crippen LogP contribution >= 0.6 is 0 Å². The summed E-state index contributed by atoms with van der Waals surface area (Å²) in [6.07, 6.45) is 1.21. The molecule has 48 heavy (non-hydrogen) atoms. The minimum atomic E-state index is -1.21. The fourth-order valence-electron chi connectivity index (χ4n) is 4.78. The van der Waals surface area contributed by atoms with Crippen LogP contribution in [0, 0.1) is 15.5 Å². The van der Waals surface area contributed by atoms with Gasteiger partial charge in [0.05, 0.1) is 4.92 Å². The molecule has 3 rings (SSSR count). The molecule has 0 aromatic heterocycles. The number of unbranched alkanes of at least 4 members (excludes halogenated alkanes) is 1. The largest absolute Gasteiger partial charge is 0.514 e. The molecule has 1 aliphatic carbocycles. The zero-order valence-electron chi connectivity index (χ0n) is 27.6. The summed E-state index contributed by atoms with van der Waals surface area (Å²) in [5.74, 6) is -1.26. The summed E-state index contributed by atoms with van der Waals surface area (Å²) in [6, 6.07) is 10.5. The predicted molar refractivity (Wildman–Crippen MR) is 174 cm³/mol. The molecule has 1 fully saturated rings. The van der Waals surface area contributed by atoms with Crippen molar-refractivity contribution < 1.29 is 43.1 Å². The highest BCUT2D eigenvalue weighted by Gasteiger charge is 2.51. The first kappa shape index (κ1) is 37.2. The van der Waals surface area contributed by atoms with Crippen molar-refractivity contribution in [2.24, 2.45) is 5.41 Å². The first-order valence-corrected chi connectivity index (χ1v) is 15.8. The van der Waals surface area contributed by atoms with E-state index in [-0.39, 0.29) is 30.4 Å². The lowest BCUT2D eigenvalue weighted by atomic mass is 9.67. The SMILES string of the molecule is CCNC(=O)C1(C(=O)N[C@@H](CCCCNC(=O)OC(C)(C)C)C(=O)Nc2ccc(COC(=O)Oc3ccc([N+](=O)[O-])cc3)cc2)CCC1. The number of non-ortho nitro benzene ring substituents is 1. The smallest absolute Gasteiger partial charge is 0.444 e. The second-order valence-electron chi connectivity index (χ2n) is 12.3. The van der Waals surface area contributed by atoms with E-state index in [0.29, 0.717) is 50.0 Å². The van der Waals surface area contributed by atoms with E-state index >= 15 is 0 Å². The topological polar surface area (TPSA) is 204 Å². The lowest BCUT2D eigenvalue weighted by Crippen LogP contribution is -2.58. The molecule has 0 bridgehead atoms. The molecule has 2 aromatic carbocycles. The van der Waals surface area contributed by atoms with Gasteiger partial charge in [-0.2, -0.15) is 0 Å². The van der Waals surface area contributed by atoms with E-state index < -0.39 is 46.0 Å². The first-order valence-electron chi connectivity index (χ1n) is 15.8. The number of nitrogens with one attached hydrogen (secondary N) is 4.